The molecule has 1 heterocycles. The lowest BCUT2D eigenvalue weighted by Crippen LogP contribution is -2.48. The fourth-order valence-corrected chi connectivity index (χ4v) is 3.37. The Morgan fingerprint density at radius 1 is 0.933 bits per heavy atom. The van der Waals surface area contributed by atoms with E-state index in [9.17, 15) is 4.79 Å². The molecule has 30 heavy (non-hydrogen) atoms. The molecule has 0 aliphatic carbocycles. The topological polar surface area (TPSA) is 56.8 Å². The van der Waals surface area contributed by atoms with Crippen LogP contribution in [0.15, 0.2) is 78.9 Å². The average molecular weight is 403 g/mol. The lowest BCUT2D eigenvalue weighted by molar-refractivity contribution is -0.0665. The van der Waals surface area contributed by atoms with Crippen molar-refractivity contribution in [2.24, 2.45) is 0 Å². The third-order valence-corrected chi connectivity index (χ3v) is 5.14. The van der Waals surface area contributed by atoms with Crippen LogP contribution in [0.25, 0.3) is 0 Å². The van der Waals surface area contributed by atoms with Crippen LogP contribution >= 0.6 is 0 Å². The van der Waals surface area contributed by atoms with Crippen LogP contribution < -0.4 is 14.8 Å². The molecule has 5 nitrogen and oxygen atoms in total. The molecule has 1 N–H and O–H groups in total. The van der Waals surface area contributed by atoms with Gasteiger partial charge in [-0.15, -0.1) is 0 Å². The Balaban J connectivity index is 1.47. The van der Waals surface area contributed by atoms with Crippen LogP contribution in [0.5, 0.6) is 11.5 Å². The van der Waals surface area contributed by atoms with Gasteiger partial charge in [0.05, 0.1) is 6.61 Å². The summed E-state index contributed by atoms with van der Waals surface area (Å²) in [5, 5.41) is 3.09. The zero-order chi connectivity index (χ0) is 20.8. The van der Waals surface area contributed by atoms with Gasteiger partial charge in [0.25, 0.3) is 5.91 Å². The first-order valence-electron chi connectivity index (χ1n) is 10.1. The number of fused-ring (bicyclic) bond motifs is 1. The second-order valence-corrected chi connectivity index (χ2v) is 7.51. The predicted octanol–water partition coefficient (Wildman–Crippen LogP) is 4.71. The van der Waals surface area contributed by atoms with Crippen molar-refractivity contribution in [1.29, 1.82) is 0 Å². The van der Waals surface area contributed by atoms with Crippen molar-refractivity contribution >= 4 is 5.91 Å². The Hall–Kier alpha value is -3.31. The molecule has 0 bridgehead atoms. The second kappa shape index (κ2) is 9.01. The summed E-state index contributed by atoms with van der Waals surface area (Å²) in [6.45, 7) is 2.58. The minimum Gasteiger partial charge on any atom is -0.454 e. The molecule has 3 aromatic carbocycles. The quantitative estimate of drug-likeness (QED) is 0.554. The van der Waals surface area contributed by atoms with Gasteiger partial charge in [-0.1, -0.05) is 54.6 Å². The molecule has 1 unspecified atom stereocenters. The van der Waals surface area contributed by atoms with Crippen LogP contribution in [0.3, 0.4) is 0 Å². The maximum Gasteiger partial charge on any atom is 0.253 e. The van der Waals surface area contributed by atoms with Crippen molar-refractivity contribution in [2.75, 3.05) is 6.79 Å². The van der Waals surface area contributed by atoms with Crippen molar-refractivity contribution < 1.29 is 19.0 Å². The minimum atomic E-state index is -0.834. The summed E-state index contributed by atoms with van der Waals surface area (Å²) in [4.78, 5) is 12.8. The highest BCUT2D eigenvalue weighted by atomic mass is 16.7. The third-order valence-electron chi connectivity index (χ3n) is 5.14. The number of nitrogens with one attached hydrogen (secondary N) is 1. The molecule has 1 atom stereocenters. The molecule has 0 radical (unpaired) electrons. The summed E-state index contributed by atoms with van der Waals surface area (Å²) >= 11 is 0. The second-order valence-electron chi connectivity index (χ2n) is 7.51. The summed E-state index contributed by atoms with van der Waals surface area (Å²) in [5.74, 6) is 1.36. The van der Waals surface area contributed by atoms with Gasteiger partial charge in [0.15, 0.2) is 11.5 Å². The van der Waals surface area contributed by atoms with Gasteiger partial charge in [0, 0.05) is 5.56 Å². The van der Waals surface area contributed by atoms with Crippen LogP contribution in [-0.2, 0) is 17.8 Å². The van der Waals surface area contributed by atoms with Crippen molar-refractivity contribution in [3.8, 4) is 11.5 Å². The summed E-state index contributed by atoms with van der Waals surface area (Å²) in [6, 6.07) is 25.1. The number of amides is 1. The van der Waals surface area contributed by atoms with Crippen molar-refractivity contribution in [1.82, 2.24) is 5.32 Å². The number of rotatable bonds is 8. The number of carbonyl (C=O) groups is 1. The summed E-state index contributed by atoms with van der Waals surface area (Å²) in [5.41, 5.74) is 1.93. The zero-order valence-electron chi connectivity index (χ0n) is 17.0. The highest BCUT2D eigenvalue weighted by Gasteiger charge is 2.28. The van der Waals surface area contributed by atoms with Crippen LogP contribution in [0.4, 0.5) is 0 Å². The fraction of sp³-hybridized carbons (Fsp3) is 0.240. The molecular formula is C25H25NO4. The number of carbonyl (C=O) groups excluding carboxylic acids is 1. The molecule has 0 saturated carbocycles. The molecule has 1 amide bonds. The van der Waals surface area contributed by atoms with E-state index in [1.54, 1.807) is 12.1 Å². The third kappa shape index (κ3) is 4.99. The highest BCUT2D eigenvalue weighted by Crippen LogP contribution is 2.33. The molecule has 0 fully saturated rings. The van der Waals surface area contributed by atoms with Crippen LogP contribution in [-0.4, -0.2) is 18.4 Å². The van der Waals surface area contributed by atoms with E-state index in [-0.39, 0.29) is 12.7 Å². The van der Waals surface area contributed by atoms with Crippen molar-refractivity contribution in [3.05, 3.63) is 95.6 Å². The first-order chi connectivity index (χ1) is 14.6. The number of ether oxygens (including phenoxy) is 3. The largest absolute Gasteiger partial charge is 0.454 e. The van der Waals surface area contributed by atoms with Gasteiger partial charge in [0.2, 0.25) is 6.79 Å². The van der Waals surface area contributed by atoms with Crippen molar-refractivity contribution in [3.63, 3.8) is 0 Å². The monoisotopic (exact) mass is 403 g/mol. The molecule has 0 aromatic heterocycles. The standard InChI is InChI=1S/C25H25NO4/c1-25(30-17-20-8-4-2-5-9-20,26-24(27)21-10-6-3-7-11-21)15-14-19-12-13-22-23(16-19)29-18-28-22/h2-13,16H,14-15,17-18H2,1H3,(H,26,27). The molecule has 5 heteroatoms. The molecule has 4 rings (SSSR count). The normalized spacial score (nSPS) is 14.2. The molecule has 154 valence electrons. The van der Waals surface area contributed by atoms with Gasteiger partial charge >= 0.3 is 0 Å². The lowest BCUT2D eigenvalue weighted by atomic mass is 10.0. The van der Waals surface area contributed by atoms with E-state index < -0.39 is 5.72 Å². The predicted molar refractivity (Wildman–Crippen MR) is 114 cm³/mol. The SMILES string of the molecule is CC(CCc1ccc2c(c1)OCO2)(NC(=O)c1ccccc1)OCc1ccccc1. The Labute approximate surface area is 176 Å². The number of hydrogen-bond donors (Lipinski definition) is 1. The van der Waals surface area contributed by atoms with E-state index in [4.69, 9.17) is 14.2 Å². The Morgan fingerprint density at radius 3 is 2.40 bits per heavy atom. The first kappa shape index (κ1) is 20.0. The summed E-state index contributed by atoms with van der Waals surface area (Å²) in [6.07, 6.45) is 1.33. The van der Waals surface area contributed by atoms with Gasteiger partial charge in [-0.25, -0.2) is 0 Å². The van der Waals surface area contributed by atoms with Gasteiger partial charge in [0.1, 0.15) is 5.72 Å². The lowest BCUT2D eigenvalue weighted by Gasteiger charge is -2.31. The fourth-order valence-electron chi connectivity index (χ4n) is 3.37. The summed E-state index contributed by atoms with van der Waals surface area (Å²) < 4.78 is 17.1. The van der Waals surface area contributed by atoms with Gasteiger partial charge in [-0.3, -0.25) is 4.79 Å². The van der Waals surface area contributed by atoms with E-state index in [1.807, 2.05) is 73.7 Å². The Kier molecular flexibility index (Phi) is 6.00. The van der Waals surface area contributed by atoms with E-state index in [0.29, 0.717) is 18.6 Å². The number of benzene rings is 3. The van der Waals surface area contributed by atoms with E-state index in [1.165, 1.54) is 0 Å². The average Bonchev–Trinajstić information content (AvgIpc) is 3.26. The van der Waals surface area contributed by atoms with E-state index >= 15 is 0 Å². The highest BCUT2D eigenvalue weighted by molar-refractivity contribution is 5.94. The smallest absolute Gasteiger partial charge is 0.253 e. The number of aryl methyl sites for hydroxylation is 1. The maximum atomic E-state index is 12.8. The van der Waals surface area contributed by atoms with E-state index in [0.717, 1.165) is 29.0 Å². The molecule has 1 aliphatic rings. The van der Waals surface area contributed by atoms with Gasteiger partial charge < -0.3 is 19.5 Å². The van der Waals surface area contributed by atoms with Crippen molar-refractivity contribution in [2.45, 2.75) is 32.1 Å². The molecule has 0 saturated heterocycles. The van der Waals surface area contributed by atoms with E-state index in [2.05, 4.69) is 5.32 Å². The van der Waals surface area contributed by atoms with Crippen LogP contribution in [0, 0.1) is 0 Å². The first-order valence-corrected chi connectivity index (χ1v) is 10.1. The minimum absolute atomic E-state index is 0.156. The molecule has 3 aromatic rings. The Morgan fingerprint density at radius 2 is 1.63 bits per heavy atom. The molecule has 0 spiro atoms. The van der Waals surface area contributed by atoms with Gasteiger partial charge in [-0.2, -0.15) is 0 Å². The molecular weight excluding hydrogens is 378 g/mol. The van der Waals surface area contributed by atoms with Crippen LogP contribution in [0.2, 0.25) is 0 Å². The maximum absolute atomic E-state index is 12.8. The van der Waals surface area contributed by atoms with Crippen LogP contribution in [0.1, 0.15) is 34.8 Å². The zero-order valence-corrected chi connectivity index (χ0v) is 17.0. The van der Waals surface area contributed by atoms with Gasteiger partial charge in [-0.05, 0) is 55.2 Å². The molecule has 1 aliphatic heterocycles. The summed E-state index contributed by atoms with van der Waals surface area (Å²) in [7, 11) is 0. The Bertz CT molecular complexity index is 991. The number of hydrogen-bond acceptors (Lipinski definition) is 4.